The van der Waals surface area contributed by atoms with Crippen LogP contribution in [0.4, 0.5) is 8.78 Å². The van der Waals surface area contributed by atoms with E-state index in [1.165, 1.54) is 18.3 Å². The molecule has 25 heavy (non-hydrogen) atoms. The largest absolute Gasteiger partial charge is 0.433 e. The fourth-order valence-electron chi connectivity index (χ4n) is 3.05. The summed E-state index contributed by atoms with van der Waals surface area (Å²) in [6.07, 6.45) is 3.21. The van der Waals surface area contributed by atoms with Gasteiger partial charge in [0.25, 0.3) is 5.91 Å². The lowest BCUT2D eigenvalue weighted by molar-refractivity contribution is -0.0497. The molecule has 1 aromatic carbocycles. The second-order valence-electron chi connectivity index (χ2n) is 6.49. The number of halogens is 3. The highest BCUT2D eigenvalue weighted by atomic mass is 35.5. The van der Waals surface area contributed by atoms with Crippen LogP contribution in [0.25, 0.3) is 10.9 Å². The number of fused-ring (bicyclic) bond motifs is 1. The average molecular weight is 373 g/mol. The third-order valence-corrected chi connectivity index (χ3v) is 4.56. The molecule has 8 heteroatoms. The Morgan fingerprint density at radius 3 is 2.92 bits per heavy atom. The van der Waals surface area contributed by atoms with Crippen molar-refractivity contribution in [1.82, 2.24) is 10.3 Å². The summed E-state index contributed by atoms with van der Waals surface area (Å²) in [5.41, 5.74) is -0.0353. The molecule has 0 saturated heterocycles. The summed E-state index contributed by atoms with van der Waals surface area (Å²) in [6, 6.07) is 4.23. The van der Waals surface area contributed by atoms with Gasteiger partial charge in [0.15, 0.2) is 0 Å². The summed E-state index contributed by atoms with van der Waals surface area (Å²) in [7, 11) is 0. The minimum atomic E-state index is -2.98. The van der Waals surface area contributed by atoms with Crippen LogP contribution in [0.15, 0.2) is 24.4 Å². The zero-order valence-corrected chi connectivity index (χ0v) is 14.2. The van der Waals surface area contributed by atoms with Gasteiger partial charge < -0.3 is 15.2 Å². The Balaban J connectivity index is 0.00000243. The number of alkyl halides is 2. The summed E-state index contributed by atoms with van der Waals surface area (Å²) in [4.78, 5) is 16.5. The quantitative estimate of drug-likeness (QED) is 0.857. The molecule has 136 valence electrons. The van der Waals surface area contributed by atoms with E-state index in [2.05, 4.69) is 15.0 Å². The van der Waals surface area contributed by atoms with Crippen molar-refractivity contribution >= 4 is 28.4 Å². The third kappa shape index (κ3) is 4.16. The lowest BCUT2D eigenvalue weighted by Crippen LogP contribution is -2.34. The van der Waals surface area contributed by atoms with Crippen molar-refractivity contribution in [2.75, 3.05) is 0 Å². The van der Waals surface area contributed by atoms with Gasteiger partial charge in [0, 0.05) is 25.1 Å². The van der Waals surface area contributed by atoms with E-state index in [4.69, 9.17) is 11.6 Å². The lowest BCUT2D eigenvalue weighted by atomic mass is 10.1. The molecule has 1 aliphatic rings. The van der Waals surface area contributed by atoms with E-state index in [1.54, 1.807) is 13.0 Å². The van der Waals surface area contributed by atoms with Crippen LogP contribution in [0.1, 0.15) is 38.0 Å². The van der Waals surface area contributed by atoms with Gasteiger partial charge in [0.05, 0.1) is 21.7 Å². The first-order chi connectivity index (χ1) is 11.7. The molecule has 3 rings (SSSR count). The Morgan fingerprint density at radius 1 is 1.52 bits per heavy atom. The number of pyridine rings is 1. The van der Waals surface area contributed by atoms with E-state index in [0.29, 0.717) is 35.7 Å². The van der Waals surface area contributed by atoms with Crippen molar-refractivity contribution in [1.29, 1.82) is 0 Å². The van der Waals surface area contributed by atoms with Crippen LogP contribution >= 0.6 is 11.6 Å². The summed E-state index contributed by atoms with van der Waals surface area (Å²) < 4.78 is 29.0. The first kappa shape index (κ1) is 17.8. The smallest absolute Gasteiger partial charge is 0.387 e. The number of aliphatic hydroxyl groups is 1. The number of hydrogen-bond acceptors (Lipinski definition) is 4. The summed E-state index contributed by atoms with van der Waals surface area (Å²) in [6.45, 7) is -1.23. The van der Waals surface area contributed by atoms with Crippen molar-refractivity contribution < 1.29 is 24.8 Å². The molecule has 5 nitrogen and oxygen atoms in total. The molecule has 0 aliphatic heterocycles. The third-order valence-electron chi connectivity index (χ3n) is 4.27. The molecule has 2 aromatic rings. The van der Waals surface area contributed by atoms with E-state index >= 15 is 0 Å². The number of rotatable bonds is 4. The van der Waals surface area contributed by atoms with E-state index in [0.717, 1.165) is 0 Å². The van der Waals surface area contributed by atoms with Gasteiger partial charge in [-0.15, -0.1) is 0 Å². The summed E-state index contributed by atoms with van der Waals surface area (Å²) in [5.74, 6) is -0.469. The fourth-order valence-corrected chi connectivity index (χ4v) is 3.27. The van der Waals surface area contributed by atoms with Crippen LogP contribution in [-0.2, 0) is 0 Å². The predicted molar refractivity (Wildman–Crippen MR) is 91.2 cm³/mol. The molecule has 1 aliphatic carbocycles. The molecule has 0 bridgehead atoms. The molecule has 1 fully saturated rings. The van der Waals surface area contributed by atoms with Crippen molar-refractivity contribution in [3.63, 3.8) is 0 Å². The molecule has 2 N–H and O–H groups in total. The van der Waals surface area contributed by atoms with E-state index in [1.807, 2.05) is 0 Å². The van der Waals surface area contributed by atoms with Gasteiger partial charge in [-0.05, 0) is 38.3 Å². The van der Waals surface area contributed by atoms with Gasteiger partial charge in [-0.3, -0.25) is 9.78 Å². The van der Waals surface area contributed by atoms with Crippen LogP contribution in [0.5, 0.6) is 5.75 Å². The van der Waals surface area contributed by atoms with Crippen LogP contribution in [0.2, 0.25) is 5.02 Å². The molecule has 1 amide bonds. The minimum absolute atomic E-state index is 0. The molecular weight excluding hydrogens is 354 g/mol. The molecule has 1 aromatic heterocycles. The van der Waals surface area contributed by atoms with Gasteiger partial charge in [-0.25, -0.2) is 0 Å². The van der Waals surface area contributed by atoms with Crippen molar-refractivity contribution in [3.05, 3.63) is 35.0 Å². The maximum Gasteiger partial charge on any atom is 0.387 e. The van der Waals surface area contributed by atoms with Crippen molar-refractivity contribution in [3.8, 4) is 5.75 Å². The highest BCUT2D eigenvalue weighted by molar-refractivity contribution is 6.32. The first-order valence-corrected chi connectivity index (χ1v) is 8.19. The molecule has 0 unspecified atom stereocenters. The Bertz CT molecular complexity index is 820. The fraction of sp³-hybridized carbons (Fsp3) is 0.412. The van der Waals surface area contributed by atoms with E-state index < -0.39 is 12.2 Å². The number of carbonyl (C=O) groups is 1. The Morgan fingerprint density at radius 2 is 2.28 bits per heavy atom. The number of aromatic nitrogens is 1. The number of amides is 1. The number of benzene rings is 1. The minimum Gasteiger partial charge on any atom is -0.433 e. The van der Waals surface area contributed by atoms with Crippen LogP contribution in [0.3, 0.4) is 0 Å². The van der Waals surface area contributed by atoms with Crippen LogP contribution < -0.4 is 10.1 Å². The zero-order chi connectivity index (χ0) is 18.2. The zero-order valence-electron chi connectivity index (χ0n) is 13.4. The second-order valence-corrected chi connectivity index (χ2v) is 6.90. The monoisotopic (exact) mass is 372 g/mol. The maximum atomic E-state index is 12.4. The second kappa shape index (κ2) is 6.72. The Labute approximate surface area is 149 Å². The topological polar surface area (TPSA) is 71.5 Å². The number of carbonyl (C=O) groups excluding carboxylic acids is 1. The molecule has 0 radical (unpaired) electrons. The van der Waals surface area contributed by atoms with Gasteiger partial charge in [-0.2, -0.15) is 8.78 Å². The van der Waals surface area contributed by atoms with E-state index in [-0.39, 0.29) is 24.1 Å². The van der Waals surface area contributed by atoms with Gasteiger partial charge in [-0.1, -0.05) is 11.6 Å². The number of ether oxygens (including phenoxy) is 1. The van der Waals surface area contributed by atoms with Gasteiger partial charge in [0.2, 0.25) is 0 Å². The van der Waals surface area contributed by atoms with Crippen molar-refractivity contribution in [2.24, 2.45) is 0 Å². The Hall–Kier alpha value is -1.99. The van der Waals surface area contributed by atoms with Crippen LogP contribution in [-0.4, -0.2) is 34.3 Å². The standard InChI is InChI=1S/C17H17ClF2N2O3.H2/c1-17(24)3-2-11(7-17)22-15(23)10-4-9-5-12(18)14(25-16(19)20)6-13(9)21-8-10;/h4-6,8,11,16,24H,2-3,7H2,1H3,(H,22,23);1H/t11-,17-;/m0./s1. The average Bonchev–Trinajstić information content (AvgIpc) is 2.86. The molecule has 1 heterocycles. The number of nitrogens with zero attached hydrogens (tertiary/aromatic N) is 1. The maximum absolute atomic E-state index is 12.4. The van der Waals surface area contributed by atoms with Gasteiger partial charge >= 0.3 is 6.61 Å². The summed E-state index contributed by atoms with van der Waals surface area (Å²) >= 11 is 5.93. The number of nitrogens with one attached hydrogen (secondary N) is 1. The van der Waals surface area contributed by atoms with Crippen LogP contribution in [0, 0.1) is 0 Å². The Kier molecular flexibility index (Phi) is 4.79. The highest BCUT2D eigenvalue weighted by Gasteiger charge is 2.33. The van der Waals surface area contributed by atoms with Gasteiger partial charge in [0.1, 0.15) is 5.75 Å². The number of hydrogen-bond donors (Lipinski definition) is 2. The molecule has 0 spiro atoms. The molecular formula is C17H19ClF2N2O3. The SMILES string of the molecule is C[C@]1(O)CC[C@H](NC(=O)c2cnc3cc(OC(F)F)c(Cl)cc3c2)C1.[HH]. The van der Waals surface area contributed by atoms with Crippen molar-refractivity contribution in [2.45, 2.75) is 44.4 Å². The molecule has 1 saturated carbocycles. The summed E-state index contributed by atoms with van der Waals surface area (Å²) in [5, 5.41) is 13.4. The van der Waals surface area contributed by atoms with E-state index in [9.17, 15) is 18.7 Å². The first-order valence-electron chi connectivity index (χ1n) is 7.81. The highest BCUT2D eigenvalue weighted by Crippen LogP contribution is 2.31. The normalized spacial score (nSPS) is 23.2. The lowest BCUT2D eigenvalue weighted by Gasteiger charge is -2.17. The molecule has 2 atom stereocenters. The predicted octanol–water partition coefficient (Wildman–Crippen LogP) is 3.77.